The first-order chi connectivity index (χ1) is 12.0. The summed E-state index contributed by atoms with van der Waals surface area (Å²) in [5.41, 5.74) is 0. The molecule has 1 saturated heterocycles. The highest BCUT2D eigenvalue weighted by Crippen LogP contribution is 2.26. The summed E-state index contributed by atoms with van der Waals surface area (Å²) in [6.07, 6.45) is 1.36. The van der Waals surface area contributed by atoms with Crippen LogP contribution in [0.3, 0.4) is 0 Å². The minimum Gasteiger partial charge on any atom is -0.366 e. The average molecular weight is 351 g/mol. The molecule has 10 nitrogen and oxygen atoms in total. The Bertz CT molecular complexity index is 614. The van der Waals surface area contributed by atoms with Crippen LogP contribution in [-0.4, -0.2) is 82.4 Å². The first-order valence-corrected chi connectivity index (χ1v) is 8.61. The maximum atomic E-state index is 12.2. The molecule has 1 saturated carbocycles. The molecule has 2 aliphatic rings. The molecule has 3 rings (SSSR count). The van der Waals surface area contributed by atoms with Gasteiger partial charge in [-0.3, -0.25) is 9.59 Å². The monoisotopic (exact) mass is 351 g/mol. The van der Waals surface area contributed by atoms with Crippen LogP contribution >= 0.6 is 0 Å². The van der Waals surface area contributed by atoms with Gasteiger partial charge in [-0.05, 0) is 37.9 Å². The summed E-state index contributed by atoms with van der Waals surface area (Å²) in [7, 11) is 1.99. The van der Waals surface area contributed by atoms with Crippen molar-refractivity contribution in [3.8, 4) is 0 Å². The van der Waals surface area contributed by atoms with Gasteiger partial charge in [0.05, 0.1) is 6.61 Å². The molecule has 2 fully saturated rings. The van der Waals surface area contributed by atoms with Crippen LogP contribution in [0.15, 0.2) is 0 Å². The molecule has 10 heteroatoms. The van der Waals surface area contributed by atoms with Crippen molar-refractivity contribution in [2.75, 3.05) is 33.3 Å². The average Bonchev–Trinajstić information content (AvgIpc) is 2.94. The Morgan fingerprint density at radius 1 is 1.36 bits per heavy atom. The molecule has 2 N–H and O–H groups in total. The van der Waals surface area contributed by atoms with E-state index >= 15 is 0 Å². The third kappa shape index (κ3) is 4.95. The Morgan fingerprint density at radius 3 is 2.84 bits per heavy atom. The highest BCUT2D eigenvalue weighted by molar-refractivity contribution is 5.81. The van der Waals surface area contributed by atoms with Crippen molar-refractivity contribution >= 4 is 11.8 Å². The fourth-order valence-corrected chi connectivity index (χ4v) is 3.08. The number of tetrazole rings is 1. The summed E-state index contributed by atoms with van der Waals surface area (Å²) in [4.78, 5) is 27.4. The van der Waals surface area contributed by atoms with E-state index in [0.717, 1.165) is 19.4 Å². The van der Waals surface area contributed by atoms with Crippen LogP contribution in [0.5, 0.6) is 0 Å². The maximum absolute atomic E-state index is 12.2. The number of nitrogens with one attached hydrogen (secondary N) is 2. The second kappa shape index (κ2) is 7.87. The molecular weight excluding hydrogens is 326 g/mol. The van der Waals surface area contributed by atoms with Crippen LogP contribution in [-0.2, 0) is 20.9 Å². The summed E-state index contributed by atoms with van der Waals surface area (Å²) in [6, 6.07) is 0.171. The van der Waals surface area contributed by atoms with Crippen molar-refractivity contribution in [1.82, 2.24) is 35.7 Å². The molecule has 2 heterocycles. The van der Waals surface area contributed by atoms with Crippen LogP contribution in [0.1, 0.15) is 18.7 Å². The van der Waals surface area contributed by atoms with Crippen molar-refractivity contribution in [1.29, 1.82) is 0 Å². The number of carbonyl (C=O) groups excluding carboxylic acids is 2. The predicted octanol–water partition coefficient (Wildman–Crippen LogP) is -1.68. The van der Waals surface area contributed by atoms with Gasteiger partial charge in [0, 0.05) is 25.7 Å². The molecule has 1 aliphatic heterocycles. The van der Waals surface area contributed by atoms with E-state index in [9.17, 15) is 9.59 Å². The zero-order chi connectivity index (χ0) is 17.8. The predicted molar refractivity (Wildman–Crippen MR) is 87.5 cm³/mol. The molecule has 1 unspecified atom stereocenters. The Labute approximate surface area is 146 Å². The molecule has 1 aromatic heterocycles. The number of aromatic nitrogens is 4. The number of nitrogens with zero attached hydrogens (tertiary/aromatic N) is 5. The van der Waals surface area contributed by atoms with Crippen LogP contribution in [0.25, 0.3) is 0 Å². The first-order valence-electron chi connectivity index (χ1n) is 8.61. The fourth-order valence-electron chi connectivity index (χ4n) is 3.08. The van der Waals surface area contributed by atoms with Gasteiger partial charge in [0.2, 0.25) is 5.91 Å². The van der Waals surface area contributed by atoms with Crippen molar-refractivity contribution in [2.45, 2.75) is 38.5 Å². The third-order valence-corrected chi connectivity index (χ3v) is 4.57. The van der Waals surface area contributed by atoms with Gasteiger partial charge in [-0.2, -0.15) is 4.80 Å². The molecule has 0 spiro atoms. The molecule has 138 valence electrons. The van der Waals surface area contributed by atoms with E-state index in [1.54, 1.807) is 6.92 Å². The first kappa shape index (κ1) is 17.7. The van der Waals surface area contributed by atoms with Gasteiger partial charge in [-0.25, -0.2) is 0 Å². The molecule has 1 atom stereocenters. The normalized spacial score (nSPS) is 26.7. The summed E-state index contributed by atoms with van der Waals surface area (Å²) in [5.74, 6) is 0.753. The van der Waals surface area contributed by atoms with Crippen molar-refractivity contribution in [3.63, 3.8) is 0 Å². The van der Waals surface area contributed by atoms with E-state index in [0.29, 0.717) is 31.4 Å². The zero-order valence-corrected chi connectivity index (χ0v) is 14.6. The van der Waals surface area contributed by atoms with Crippen LogP contribution in [0.2, 0.25) is 0 Å². The molecule has 2 amide bonds. The Hall–Kier alpha value is -2.07. The van der Waals surface area contributed by atoms with Crippen LogP contribution < -0.4 is 10.6 Å². The smallest absolute Gasteiger partial charge is 0.250 e. The van der Waals surface area contributed by atoms with E-state index in [4.69, 9.17) is 4.74 Å². The van der Waals surface area contributed by atoms with Crippen LogP contribution in [0.4, 0.5) is 0 Å². The summed E-state index contributed by atoms with van der Waals surface area (Å²) < 4.78 is 5.51. The summed E-state index contributed by atoms with van der Waals surface area (Å²) in [5, 5.41) is 17.4. The zero-order valence-electron chi connectivity index (χ0n) is 14.6. The molecule has 0 radical (unpaired) electrons. The quantitative estimate of drug-likeness (QED) is 0.629. The molecule has 0 aromatic carbocycles. The van der Waals surface area contributed by atoms with Crippen molar-refractivity contribution in [2.24, 2.45) is 5.92 Å². The van der Waals surface area contributed by atoms with Gasteiger partial charge < -0.3 is 20.3 Å². The summed E-state index contributed by atoms with van der Waals surface area (Å²) in [6.45, 7) is 4.48. The van der Waals surface area contributed by atoms with Gasteiger partial charge in [0.25, 0.3) is 5.91 Å². The van der Waals surface area contributed by atoms with E-state index in [1.165, 1.54) is 4.80 Å². The standard InChI is InChI=1S/C15H25N7O3/c1-10-18-20-22(19-10)9-14(23)16-7-11-5-12(6-11)17-15(24)13-8-21(2)3-4-25-13/h11-13H,3-9H2,1-2H3,(H,16,23)(H,17,24). The van der Waals surface area contributed by atoms with Gasteiger partial charge in [0.1, 0.15) is 12.6 Å². The highest BCUT2D eigenvalue weighted by Gasteiger charge is 2.33. The number of amides is 2. The van der Waals surface area contributed by atoms with E-state index < -0.39 is 0 Å². The minimum absolute atomic E-state index is 0.0355. The topological polar surface area (TPSA) is 114 Å². The highest BCUT2D eigenvalue weighted by atomic mass is 16.5. The lowest BCUT2D eigenvalue weighted by atomic mass is 9.80. The van der Waals surface area contributed by atoms with E-state index in [2.05, 4.69) is 30.9 Å². The second-order valence-corrected chi connectivity index (χ2v) is 6.84. The molecular formula is C15H25N7O3. The number of morpholine rings is 1. The Balaban J connectivity index is 1.30. The number of rotatable bonds is 6. The van der Waals surface area contributed by atoms with Gasteiger partial charge in [-0.15, -0.1) is 10.2 Å². The van der Waals surface area contributed by atoms with Crippen molar-refractivity contribution < 1.29 is 14.3 Å². The number of hydrogen-bond donors (Lipinski definition) is 2. The van der Waals surface area contributed by atoms with E-state index in [-0.39, 0.29) is 30.5 Å². The number of hydrogen-bond acceptors (Lipinski definition) is 7. The lowest BCUT2D eigenvalue weighted by molar-refractivity contribution is -0.139. The van der Waals surface area contributed by atoms with E-state index in [1.807, 2.05) is 7.05 Å². The second-order valence-electron chi connectivity index (χ2n) is 6.84. The molecule has 0 bridgehead atoms. The lowest BCUT2D eigenvalue weighted by Gasteiger charge is -2.37. The van der Waals surface area contributed by atoms with Gasteiger partial charge >= 0.3 is 0 Å². The molecule has 1 aromatic rings. The number of likely N-dealkylation sites (N-methyl/N-ethyl adjacent to an activating group) is 1. The SMILES string of the molecule is Cc1nnn(CC(=O)NCC2CC(NC(=O)C3CN(C)CCO3)C2)n1. The van der Waals surface area contributed by atoms with Gasteiger partial charge in [0.15, 0.2) is 5.82 Å². The lowest BCUT2D eigenvalue weighted by Crippen LogP contribution is -2.54. The van der Waals surface area contributed by atoms with Crippen LogP contribution in [0, 0.1) is 12.8 Å². The largest absolute Gasteiger partial charge is 0.366 e. The van der Waals surface area contributed by atoms with Crippen molar-refractivity contribution in [3.05, 3.63) is 5.82 Å². The third-order valence-electron chi connectivity index (χ3n) is 4.57. The maximum Gasteiger partial charge on any atom is 0.250 e. The summed E-state index contributed by atoms with van der Waals surface area (Å²) >= 11 is 0. The number of aryl methyl sites for hydroxylation is 1. The fraction of sp³-hybridized carbons (Fsp3) is 0.800. The molecule has 25 heavy (non-hydrogen) atoms. The Morgan fingerprint density at radius 2 is 2.16 bits per heavy atom. The number of ether oxygens (including phenoxy) is 1. The molecule has 1 aliphatic carbocycles. The van der Waals surface area contributed by atoms with Gasteiger partial charge in [-0.1, -0.05) is 0 Å². The Kier molecular flexibility index (Phi) is 5.59. The minimum atomic E-state index is -0.379. The number of carbonyl (C=O) groups is 2.